The molecule has 4 rings (SSSR count). The van der Waals surface area contributed by atoms with Crippen LogP contribution in [0, 0.1) is 24.4 Å². The maximum absolute atomic E-state index is 14.2. The number of benzene rings is 2. The zero-order valence-electron chi connectivity index (χ0n) is 19.0. The minimum atomic E-state index is -0.907. The fourth-order valence-electron chi connectivity index (χ4n) is 3.50. The number of carbonyl (C=O) groups is 1. The van der Waals surface area contributed by atoms with Gasteiger partial charge in [0.05, 0.1) is 22.7 Å². The third-order valence-electron chi connectivity index (χ3n) is 4.92. The minimum Gasteiger partial charge on any atom is -0.464 e. The lowest BCUT2D eigenvalue weighted by Crippen LogP contribution is -2.11. The van der Waals surface area contributed by atoms with Crippen molar-refractivity contribution in [1.82, 2.24) is 14.8 Å². The van der Waals surface area contributed by atoms with Crippen LogP contribution in [0.2, 0.25) is 5.02 Å². The van der Waals surface area contributed by atoms with E-state index in [-0.39, 0.29) is 21.6 Å². The Kier molecular flexibility index (Phi) is 7.25. The van der Waals surface area contributed by atoms with Crippen LogP contribution in [0.3, 0.4) is 0 Å². The standard InChI is InChI=1S/C24H19ClF3N3O2S2/c1-11(2)34-23-20(14-9-16(27)19(25)17(28)10-14)29-24(35-23)31-21(22(32)33-4)18(12(3)30-31)13-6-5-7-15(26)8-13/h5-11H,1-4H3. The molecule has 2 aromatic heterocycles. The summed E-state index contributed by atoms with van der Waals surface area (Å²) in [5.74, 6) is -2.97. The number of aryl methyl sites for hydroxylation is 1. The van der Waals surface area contributed by atoms with Crippen molar-refractivity contribution in [3.63, 3.8) is 0 Å². The summed E-state index contributed by atoms with van der Waals surface area (Å²) in [5.41, 5.74) is 1.89. The van der Waals surface area contributed by atoms with Gasteiger partial charge in [0, 0.05) is 16.4 Å². The molecule has 0 bridgehead atoms. The normalized spacial score (nSPS) is 11.3. The number of hydrogen-bond acceptors (Lipinski definition) is 6. The minimum absolute atomic E-state index is 0.0606. The van der Waals surface area contributed by atoms with Gasteiger partial charge >= 0.3 is 5.97 Å². The zero-order valence-corrected chi connectivity index (χ0v) is 21.4. The molecule has 0 saturated carbocycles. The van der Waals surface area contributed by atoms with Crippen molar-refractivity contribution in [2.45, 2.75) is 30.2 Å². The van der Waals surface area contributed by atoms with Gasteiger partial charge in [-0.15, -0.1) is 11.8 Å². The molecule has 11 heteroatoms. The van der Waals surface area contributed by atoms with Gasteiger partial charge < -0.3 is 4.74 Å². The van der Waals surface area contributed by atoms with Crippen LogP contribution in [0.4, 0.5) is 13.2 Å². The number of carbonyl (C=O) groups excluding carboxylic acids is 1. The Morgan fingerprint density at radius 3 is 2.43 bits per heavy atom. The summed E-state index contributed by atoms with van der Waals surface area (Å²) in [5, 5.41) is 4.31. The van der Waals surface area contributed by atoms with Gasteiger partial charge in [-0.05, 0) is 36.8 Å². The summed E-state index contributed by atoms with van der Waals surface area (Å²) in [6.45, 7) is 5.62. The molecule has 182 valence electrons. The van der Waals surface area contributed by atoms with Crippen molar-refractivity contribution in [1.29, 1.82) is 0 Å². The van der Waals surface area contributed by atoms with E-state index in [9.17, 15) is 18.0 Å². The summed E-state index contributed by atoms with van der Waals surface area (Å²) < 4.78 is 49.4. The molecular formula is C24H19ClF3N3O2S2. The third-order valence-corrected chi connectivity index (χ3v) is 7.52. The smallest absolute Gasteiger partial charge is 0.357 e. The predicted molar refractivity (Wildman–Crippen MR) is 132 cm³/mol. The Balaban J connectivity index is 1.95. The van der Waals surface area contributed by atoms with Crippen molar-refractivity contribution in [3.05, 3.63) is 70.3 Å². The number of ether oxygens (including phenoxy) is 1. The van der Waals surface area contributed by atoms with Crippen LogP contribution in [-0.2, 0) is 4.74 Å². The fourth-order valence-corrected chi connectivity index (χ4v) is 6.08. The summed E-state index contributed by atoms with van der Waals surface area (Å²) >= 11 is 8.32. The van der Waals surface area contributed by atoms with Crippen LogP contribution in [-0.4, -0.2) is 33.1 Å². The SMILES string of the molecule is COC(=O)c1c(-c2cccc(F)c2)c(C)nn1-c1nc(-c2cc(F)c(Cl)c(F)c2)c(SC(C)C)s1. The molecule has 0 aliphatic carbocycles. The number of halogens is 4. The highest BCUT2D eigenvalue weighted by molar-refractivity contribution is 8.01. The van der Waals surface area contributed by atoms with E-state index in [2.05, 4.69) is 10.1 Å². The van der Waals surface area contributed by atoms with Crippen LogP contribution in [0.15, 0.2) is 40.6 Å². The third kappa shape index (κ3) is 4.96. The van der Waals surface area contributed by atoms with Crippen molar-refractivity contribution < 1.29 is 22.7 Å². The second kappa shape index (κ2) is 10.0. The van der Waals surface area contributed by atoms with Crippen LogP contribution < -0.4 is 0 Å². The first kappa shape index (κ1) is 25.3. The van der Waals surface area contributed by atoms with Crippen molar-refractivity contribution in [2.24, 2.45) is 0 Å². The number of nitrogens with zero attached hydrogens (tertiary/aromatic N) is 3. The Bertz CT molecular complexity index is 1410. The molecule has 0 aliphatic rings. The van der Waals surface area contributed by atoms with Crippen LogP contribution >= 0.6 is 34.7 Å². The van der Waals surface area contributed by atoms with Gasteiger partial charge in [-0.25, -0.2) is 22.9 Å². The lowest BCUT2D eigenvalue weighted by Gasteiger charge is -2.06. The Morgan fingerprint density at radius 2 is 1.83 bits per heavy atom. The van der Waals surface area contributed by atoms with Crippen molar-refractivity contribution in [2.75, 3.05) is 7.11 Å². The monoisotopic (exact) mass is 537 g/mol. The van der Waals surface area contributed by atoms with Crippen LogP contribution in [0.1, 0.15) is 30.0 Å². The number of thiazole rings is 1. The van der Waals surface area contributed by atoms with E-state index in [0.717, 1.165) is 12.1 Å². The molecule has 0 spiro atoms. The van der Waals surface area contributed by atoms with Crippen LogP contribution in [0.25, 0.3) is 27.5 Å². The van der Waals surface area contributed by atoms with Gasteiger partial charge in [-0.2, -0.15) is 9.78 Å². The second-order valence-electron chi connectivity index (χ2n) is 7.78. The molecule has 0 N–H and O–H groups in total. The van der Waals surface area contributed by atoms with Crippen molar-refractivity contribution >= 4 is 40.7 Å². The molecule has 0 saturated heterocycles. The van der Waals surface area contributed by atoms with Gasteiger partial charge in [0.2, 0.25) is 5.13 Å². The largest absolute Gasteiger partial charge is 0.464 e. The number of rotatable bonds is 6. The highest BCUT2D eigenvalue weighted by Gasteiger charge is 2.28. The fraction of sp³-hybridized carbons (Fsp3) is 0.208. The van der Waals surface area contributed by atoms with E-state index >= 15 is 0 Å². The summed E-state index contributed by atoms with van der Waals surface area (Å²) in [7, 11) is 1.23. The predicted octanol–water partition coefficient (Wildman–Crippen LogP) is 7.33. The number of methoxy groups -OCH3 is 1. The van der Waals surface area contributed by atoms with E-state index in [1.807, 2.05) is 13.8 Å². The first-order valence-corrected chi connectivity index (χ1v) is 12.4. The molecular weight excluding hydrogens is 519 g/mol. The zero-order chi connectivity index (χ0) is 25.4. The molecule has 0 unspecified atom stereocenters. The molecule has 35 heavy (non-hydrogen) atoms. The second-order valence-corrected chi connectivity index (χ2v) is 11.0. The average molecular weight is 538 g/mol. The van der Waals surface area contributed by atoms with E-state index in [1.54, 1.807) is 13.0 Å². The maximum atomic E-state index is 14.2. The first-order chi connectivity index (χ1) is 16.6. The molecule has 5 nitrogen and oxygen atoms in total. The van der Waals surface area contributed by atoms with Crippen LogP contribution in [0.5, 0.6) is 0 Å². The lowest BCUT2D eigenvalue weighted by molar-refractivity contribution is 0.0591. The molecule has 0 aliphatic heterocycles. The quantitative estimate of drug-likeness (QED) is 0.146. The number of esters is 1. The number of aromatic nitrogens is 3. The summed E-state index contributed by atoms with van der Waals surface area (Å²) in [6, 6.07) is 8.02. The molecule has 2 aromatic carbocycles. The van der Waals surface area contributed by atoms with Gasteiger partial charge in [0.25, 0.3) is 0 Å². The van der Waals surface area contributed by atoms with E-state index in [1.165, 1.54) is 53.1 Å². The Morgan fingerprint density at radius 1 is 1.14 bits per heavy atom. The van der Waals surface area contributed by atoms with Gasteiger partial charge in [0.15, 0.2) is 5.69 Å². The molecule has 0 fully saturated rings. The maximum Gasteiger partial charge on any atom is 0.357 e. The lowest BCUT2D eigenvalue weighted by atomic mass is 10.0. The van der Waals surface area contributed by atoms with E-state index in [4.69, 9.17) is 16.3 Å². The van der Waals surface area contributed by atoms with E-state index in [0.29, 0.717) is 26.7 Å². The van der Waals surface area contributed by atoms with Gasteiger partial charge in [0.1, 0.15) is 22.5 Å². The van der Waals surface area contributed by atoms with E-state index < -0.39 is 28.4 Å². The summed E-state index contributed by atoms with van der Waals surface area (Å²) in [4.78, 5) is 17.4. The van der Waals surface area contributed by atoms with Crippen molar-refractivity contribution in [3.8, 4) is 27.5 Å². The topological polar surface area (TPSA) is 57.0 Å². The Hall–Kier alpha value is -2.82. The molecule has 4 aromatic rings. The number of thioether (sulfide) groups is 1. The Labute approximate surface area is 212 Å². The molecule has 0 amide bonds. The average Bonchev–Trinajstić information content (AvgIpc) is 3.37. The number of hydrogen-bond donors (Lipinski definition) is 0. The van der Waals surface area contributed by atoms with Gasteiger partial charge in [-0.1, -0.05) is 48.9 Å². The highest BCUT2D eigenvalue weighted by Crippen LogP contribution is 2.42. The molecule has 0 atom stereocenters. The molecule has 0 radical (unpaired) electrons. The first-order valence-electron chi connectivity index (χ1n) is 10.4. The highest BCUT2D eigenvalue weighted by atomic mass is 35.5. The van der Waals surface area contributed by atoms with Gasteiger partial charge in [-0.3, -0.25) is 0 Å². The molecule has 2 heterocycles. The summed E-state index contributed by atoms with van der Waals surface area (Å²) in [6.07, 6.45) is 0.